The standard InChI is InChI=1S/C18H30N2O/c1-13(2)17(20(4)5)12-19-16-10-7-11-21-18-14(3)8-6-9-15(16)18/h6,8-9,13,16-17,19H,7,10-12H2,1-5H3. The molecule has 2 rings (SSSR count). The van der Waals surface area contributed by atoms with E-state index in [1.54, 1.807) is 0 Å². The SMILES string of the molecule is Cc1cccc2c1OCCCC2NCC(C(C)C)N(C)C. The lowest BCUT2D eigenvalue weighted by Gasteiger charge is -2.30. The molecule has 0 saturated heterocycles. The van der Waals surface area contributed by atoms with Crippen molar-refractivity contribution in [3.63, 3.8) is 0 Å². The van der Waals surface area contributed by atoms with Gasteiger partial charge in [0.05, 0.1) is 6.61 Å². The zero-order valence-corrected chi connectivity index (χ0v) is 14.1. The summed E-state index contributed by atoms with van der Waals surface area (Å²) < 4.78 is 5.96. The van der Waals surface area contributed by atoms with Crippen LogP contribution in [0.25, 0.3) is 0 Å². The molecular weight excluding hydrogens is 260 g/mol. The van der Waals surface area contributed by atoms with E-state index in [9.17, 15) is 0 Å². The van der Waals surface area contributed by atoms with E-state index in [1.807, 2.05) is 0 Å². The lowest BCUT2D eigenvalue weighted by Crippen LogP contribution is -2.42. The van der Waals surface area contributed by atoms with E-state index >= 15 is 0 Å². The maximum atomic E-state index is 5.96. The summed E-state index contributed by atoms with van der Waals surface area (Å²) in [6.07, 6.45) is 2.26. The summed E-state index contributed by atoms with van der Waals surface area (Å²) in [5.74, 6) is 1.74. The molecule has 0 amide bonds. The maximum Gasteiger partial charge on any atom is 0.126 e. The lowest BCUT2D eigenvalue weighted by molar-refractivity contribution is 0.217. The Hall–Kier alpha value is -1.06. The number of benzene rings is 1. The number of nitrogens with one attached hydrogen (secondary N) is 1. The first-order valence-electron chi connectivity index (χ1n) is 8.12. The highest BCUT2D eigenvalue weighted by Crippen LogP contribution is 2.34. The quantitative estimate of drug-likeness (QED) is 0.899. The van der Waals surface area contributed by atoms with Gasteiger partial charge in [0.2, 0.25) is 0 Å². The average Bonchev–Trinajstić information content (AvgIpc) is 2.62. The Kier molecular flexibility index (Phi) is 5.65. The van der Waals surface area contributed by atoms with Crippen LogP contribution in [0.3, 0.4) is 0 Å². The van der Waals surface area contributed by atoms with Crippen LogP contribution in [0.15, 0.2) is 18.2 Å². The van der Waals surface area contributed by atoms with E-state index in [-0.39, 0.29) is 0 Å². The van der Waals surface area contributed by atoms with Crippen LogP contribution in [0.4, 0.5) is 0 Å². The zero-order valence-electron chi connectivity index (χ0n) is 14.1. The van der Waals surface area contributed by atoms with E-state index in [1.165, 1.54) is 11.1 Å². The third-order valence-electron chi connectivity index (χ3n) is 4.51. The third kappa shape index (κ3) is 3.98. The van der Waals surface area contributed by atoms with E-state index in [0.717, 1.165) is 31.7 Å². The molecule has 3 nitrogen and oxygen atoms in total. The van der Waals surface area contributed by atoms with E-state index < -0.39 is 0 Å². The van der Waals surface area contributed by atoms with Gasteiger partial charge in [-0.3, -0.25) is 0 Å². The van der Waals surface area contributed by atoms with Crippen LogP contribution >= 0.6 is 0 Å². The molecule has 2 atom stereocenters. The molecule has 1 aromatic carbocycles. The molecule has 1 heterocycles. The normalized spacial score (nSPS) is 20.0. The van der Waals surface area contributed by atoms with Crippen molar-refractivity contribution >= 4 is 0 Å². The van der Waals surface area contributed by atoms with Crippen molar-refractivity contribution in [3.05, 3.63) is 29.3 Å². The van der Waals surface area contributed by atoms with E-state index in [4.69, 9.17) is 4.74 Å². The molecule has 118 valence electrons. The topological polar surface area (TPSA) is 24.5 Å². The highest BCUT2D eigenvalue weighted by molar-refractivity contribution is 5.43. The molecule has 0 spiro atoms. The number of ether oxygens (including phenoxy) is 1. The van der Waals surface area contributed by atoms with Gasteiger partial charge in [-0.05, 0) is 45.3 Å². The fourth-order valence-electron chi connectivity index (χ4n) is 3.25. The average molecular weight is 290 g/mol. The molecule has 1 aliphatic rings. The Morgan fingerprint density at radius 1 is 1.33 bits per heavy atom. The van der Waals surface area contributed by atoms with Gasteiger partial charge in [0.25, 0.3) is 0 Å². The summed E-state index contributed by atoms with van der Waals surface area (Å²) in [6, 6.07) is 7.46. The van der Waals surface area contributed by atoms with Crippen molar-refractivity contribution in [1.29, 1.82) is 0 Å². The van der Waals surface area contributed by atoms with E-state index in [0.29, 0.717) is 18.0 Å². The van der Waals surface area contributed by atoms with Crippen LogP contribution in [0.1, 0.15) is 43.9 Å². The van der Waals surface area contributed by atoms with Gasteiger partial charge >= 0.3 is 0 Å². The van der Waals surface area contributed by atoms with Gasteiger partial charge in [0, 0.05) is 24.2 Å². The Labute approximate surface area is 129 Å². The number of fused-ring (bicyclic) bond motifs is 1. The second-order valence-electron chi connectivity index (χ2n) is 6.72. The van der Waals surface area contributed by atoms with Crippen LogP contribution in [0.5, 0.6) is 5.75 Å². The molecule has 21 heavy (non-hydrogen) atoms. The monoisotopic (exact) mass is 290 g/mol. The smallest absolute Gasteiger partial charge is 0.126 e. The highest BCUT2D eigenvalue weighted by atomic mass is 16.5. The molecule has 1 aromatic rings. The first-order chi connectivity index (χ1) is 10.0. The summed E-state index contributed by atoms with van der Waals surface area (Å²) in [5, 5.41) is 3.79. The van der Waals surface area contributed by atoms with Crippen LogP contribution < -0.4 is 10.1 Å². The van der Waals surface area contributed by atoms with Gasteiger partial charge in [0.15, 0.2) is 0 Å². The Balaban J connectivity index is 2.12. The Morgan fingerprint density at radius 2 is 2.10 bits per heavy atom. The predicted octanol–water partition coefficient (Wildman–Crippen LogP) is 3.38. The predicted molar refractivity (Wildman–Crippen MR) is 89.0 cm³/mol. The highest BCUT2D eigenvalue weighted by Gasteiger charge is 2.23. The molecule has 3 heteroatoms. The zero-order chi connectivity index (χ0) is 15.4. The number of likely N-dealkylation sites (N-methyl/N-ethyl adjacent to an activating group) is 1. The van der Waals surface area contributed by atoms with E-state index in [2.05, 4.69) is 63.3 Å². The molecule has 1 N–H and O–H groups in total. The maximum absolute atomic E-state index is 5.96. The number of nitrogens with zero attached hydrogens (tertiary/aromatic N) is 1. The molecule has 0 saturated carbocycles. The van der Waals surface area contributed by atoms with Crippen molar-refractivity contribution in [3.8, 4) is 5.75 Å². The van der Waals surface area contributed by atoms with Crippen LogP contribution in [0, 0.1) is 12.8 Å². The first-order valence-corrected chi connectivity index (χ1v) is 8.12. The van der Waals surface area contributed by atoms with Gasteiger partial charge in [-0.2, -0.15) is 0 Å². The Bertz CT molecular complexity index is 449. The largest absolute Gasteiger partial charge is 0.493 e. The fraction of sp³-hybridized carbons (Fsp3) is 0.667. The third-order valence-corrected chi connectivity index (χ3v) is 4.51. The van der Waals surface area contributed by atoms with Crippen molar-refractivity contribution in [2.45, 2.75) is 45.7 Å². The van der Waals surface area contributed by atoms with Crippen LogP contribution in [-0.4, -0.2) is 38.2 Å². The van der Waals surface area contributed by atoms with Crippen molar-refractivity contribution in [2.24, 2.45) is 5.92 Å². The molecule has 1 aliphatic heterocycles. The summed E-state index contributed by atoms with van der Waals surface area (Å²) in [5.41, 5.74) is 2.57. The van der Waals surface area contributed by atoms with Crippen molar-refractivity contribution in [2.75, 3.05) is 27.2 Å². The van der Waals surface area contributed by atoms with Gasteiger partial charge in [-0.15, -0.1) is 0 Å². The molecule has 0 aliphatic carbocycles. The number of rotatable bonds is 5. The lowest BCUT2D eigenvalue weighted by atomic mass is 9.98. The summed E-state index contributed by atoms with van der Waals surface area (Å²) in [7, 11) is 4.33. The van der Waals surface area contributed by atoms with Crippen LogP contribution in [-0.2, 0) is 0 Å². The van der Waals surface area contributed by atoms with Crippen molar-refractivity contribution in [1.82, 2.24) is 10.2 Å². The number of aryl methyl sites for hydroxylation is 1. The minimum absolute atomic E-state index is 0.406. The molecular formula is C18H30N2O. The number of hydrogen-bond donors (Lipinski definition) is 1. The second kappa shape index (κ2) is 7.28. The summed E-state index contributed by atoms with van der Waals surface area (Å²) >= 11 is 0. The summed E-state index contributed by atoms with van der Waals surface area (Å²) in [6.45, 7) is 8.57. The van der Waals surface area contributed by atoms with Gasteiger partial charge in [-0.25, -0.2) is 0 Å². The minimum Gasteiger partial charge on any atom is -0.493 e. The first kappa shape index (κ1) is 16.3. The molecule has 2 unspecified atom stereocenters. The number of para-hydroxylation sites is 1. The molecule has 0 aromatic heterocycles. The number of hydrogen-bond acceptors (Lipinski definition) is 3. The van der Waals surface area contributed by atoms with Gasteiger partial charge in [0.1, 0.15) is 5.75 Å². The molecule has 0 radical (unpaired) electrons. The van der Waals surface area contributed by atoms with Gasteiger partial charge in [-0.1, -0.05) is 32.0 Å². The van der Waals surface area contributed by atoms with Gasteiger partial charge < -0.3 is 15.0 Å². The molecule has 0 bridgehead atoms. The minimum atomic E-state index is 0.406. The van der Waals surface area contributed by atoms with Crippen molar-refractivity contribution < 1.29 is 4.74 Å². The summed E-state index contributed by atoms with van der Waals surface area (Å²) in [4.78, 5) is 2.32. The Morgan fingerprint density at radius 3 is 2.76 bits per heavy atom. The second-order valence-corrected chi connectivity index (χ2v) is 6.72. The molecule has 0 fully saturated rings. The van der Waals surface area contributed by atoms with Crippen LogP contribution in [0.2, 0.25) is 0 Å². The fourth-order valence-corrected chi connectivity index (χ4v) is 3.25.